The minimum absolute atomic E-state index is 0.0666. The van der Waals surface area contributed by atoms with E-state index in [4.69, 9.17) is 5.11 Å². The number of hydrogen-bond acceptors (Lipinski definition) is 1. The van der Waals surface area contributed by atoms with Crippen molar-refractivity contribution in [2.75, 3.05) is 0 Å². The fourth-order valence-electron chi connectivity index (χ4n) is 2.38. The van der Waals surface area contributed by atoms with Crippen LogP contribution in [0.3, 0.4) is 0 Å². The summed E-state index contributed by atoms with van der Waals surface area (Å²) in [6.07, 6.45) is 3.57. The highest BCUT2D eigenvalue weighted by Crippen LogP contribution is 2.31. The lowest BCUT2D eigenvalue weighted by atomic mass is 9.91. The van der Waals surface area contributed by atoms with Crippen LogP contribution in [0.15, 0.2) is 24.4 Å². The average Bonchev–Trinajstić information content (AvgIpc) is 2.70. The van der Waals surface area contributed by atoms with Crippen molar-refractivity contribution in [2.45, 2.75) is 32.1 Å². The molecule has 3 nitrogen and oxygen atoms in total. The predicted octanol–water partition coefficient (Wildman–Crippen LogP) is 3.67. The highest BCUT2D eigenvalue weighted by molar-refractivity contribution is 5.84. The first kappa shape index (κ1) is 12.6. The summed E-state index contributed by atoms with van der Waals surface area (Å²) in [6.45, 7) is 2.02. The van der Waals surface area contributed by atoms with Crippen molar-refractivity contribution in [1.82, 2.24) is 4.98 Å². The quantitative estimate of drug-likeness (QED) is 0.849. The number of benzene rings is 1. The SMILES string of the molecule is CCCC(CC(=O)O)c1c[nH]c2ccc(F)cc12. The Morgan fingerprint density at radius 1 is 1.50 bits per heavy atom. The summed E-state index contributed by atoms with van der Waals surface area (Å²) >= 11 is 0. The molecule has 0 aliphatic rings. The van der Waals surface area contributed by atoms with Crippen LogP contribution in [-0.4, -0.2) is 16.1 Å². The lowest BCUT2D eigenvalue weighted by Crippen LogP contribution is -2.05. The van der Waals surface area contributed by atoms with Crippen LogP contribution in [-0.2, 0) is 4.79 Å². The molecule has 2 N–H and O–H groups in total. The predicted molar refractivity (Wildman–Crippen MR) is 68.2 cm³/mol. The van der Waals surface area contributed by atoms with Gasteiger partial charge in [0.15, 0.2) is 0 Å². The van der Waals surface area contributed by atoms with E-state index >= 15 is 0 Å². The zero-order valence-corrected chi connectivity index (χ0v) is 10.2. The molecule has 1 atom stereocenters. The van der Waals surface area contributed by atoms with Crippen molar-refractivity contribution < 1.29 is 14.3 Å². The molecule has 0 radical (unpaired) electrons. The molecule has 0 saturated carbocycles. The molecule has 4 heteroatoms. The number of H-pyrrole nitrogens is 1. The lowest BCUT2D eigenvalue weighted by Gasteiger charge is -2.13. The topological polar surface area (TPSA) is 53.1 Å². The highest BCUT2D eigenvalue weighted by atomic mass is 19.1. The van der Waals surface area contributed by atoms with Gasteiger partial charge in [0.05, 0.1) is 6.42 Å². The van der Waals surface area contributed by atoms with Crippen LogP contribution >= 0.6 is 0 Å². The number of nitrogens with one attached hydrogen (secondary N) is 1. The second-order valence-corrected chi connectivity index (χ2v) is 4.52. The maximum absolute atomic E-state index is 13.3. The molecule has 0 spiro atoms. The van der Waals surface area contributed by atoms with E-state index in [1.807, 2.05) is 6.92 Å². The Morgan fingerprint density at radius 3 is 2.94 bits per heavy atom. The number of carboxylic acids is 1. The number of halogens is 1. The minimum Gasteiger partial charge on any atom is -0.481 e. The van der Waals surface area contributed by atoms with Crippen molar-refractivity contribution >= 4 is 16.9 Å². The monoisotopic (exact) mass is 249 g/mol. The largest absolute Gasteiger partial charge is 0.481 e. The summed E-state index contributed by atoms with van der Waals surface area (Å²) in [5, 5.41) is 9.74. The van der Waals surface area contributed by atoms with Gasteiger partial charge in [-0.1, -0.05) is 13.3 Å². The zero-order chi connectivity index (χ0) is 13.1. The molecule has 0 fully saturated rings. The number of carboxylic acid groups (broad SMARTS) is 1. The molecule has 1 aromatic carbocycles. The molecule has 96 valence electrons. The Balaban J connectivity index is 2.42. The number of carbonyl (C=O) groups is 1. The van der Waals surface area contributed by atoms with Crippen molar-refractivity contribution in [3.8, 4) is 0 Å². The van der Waals surface area contributed by atoms with Crippen LogP contribution in [0, 0.1) is 5.82 Å². The van der Waals surface area contributed by atoms with E-state index in [0.717, 1.165) is 29.3 Å². The summed E-state index contributed by atoms with van der Waals surface area (Å²) in [5.74, 6) is -1.18. The third-order valence-corrected chi connectivity index (χ3v) is 3.17. The van der Waals surface area contributed by atoms with E-state index in [1.165, 1.54) is 12.1 Å². The number of fused-ring (bicyclic) bond motifs is 1. The van der Waals surface area contributed by atoms with Gasteiger partial charge >= 0.3 is 5.97 Å². The molecule has 0 bridgehead atoms. The van der Waals surface area contributed by atoms with Crippen LogP contribution in [0.25, 0.3) is 10.9 Å². The smallest absolute Gasteiger partial charge is 0.303 e. The summed E-state index contributed by atoms with van der Waals surface area (Å²) < 4.78 is 13.3. The third kappa shape index (κ3) is 2.53. The zero-order valence-electron chi connectivity index (χ0n) is 10.2. The Hall–Kier alpha value is -1.84. The summed E-state index contributed by atoms with van der Waals surface area (Å²) in [4.78, 5) is 14.0. The first-order valence-corrected chi connectivity index (χ1v) is 6.10. The van der Waals surface area contributed by atoms with E-state index < -0.39 is 5.97 Å². The van der Waals surface area contributed by atoms with Gasteiger partial charge in [0, 0.05) is 17.1 Å². The second-order valence-electron chi connectivity index (χ2n) is 4.52. The van der Waals surface area contributed by atoms with E-state index in [9.17, 15) is 9.18 Å². The van der Waals surface area contributed by atoms with Crippen molar-refractivity contribution in [1.29, 1.82) is 0 Å². The Kier molecular flexibility index (Phi) is 3.65. The van der Waals surface area contributed by atoms with E-state index in [0.29, 0.717) is 0 Å². The first-order valence-electron chi connectivity index (χ1n) is 6.10. The number of aliphatic carboxylic acids is 1. The molecule has 18 heavy (non-hydrogen) atoms. The first-order chi connectivity index (χ1) is 8.61. The molecule has 2 aromatic rings. The molecular weight excluding hydrogens is 233 g/mol. The number of rotatable bonds is 5. The van der Waals surface area contributed by atoms with Crippen LogP contribution in [0.2, 0.25) is 0 Å². The van der Waals surface area contributed by atoms with Crippen molar-refractivity contribution in [2.24, 2.45) is 0 Å². The van der Waals surface area contributed by atoms with Crippen LogP contribution in [0.4, 0.5) is 4.39 Å². The van der Waals surface area contributed by atoms with E-state index in [2.05, 4.69) is 4.98 Å². The van der Waals surface area contributed by atoms with Gasteiger partial charge in [0.25, 0.3) is 0 Å². The Labute approximate surface area is 105 Å². The Morgan fingerprint density at radius 2 is 2.28 bits per heavy atom. The minimum atomic E-state index is -0.820. The van der Waals surface area contributed by atoms with Gasteiger partial charge in [-0.2, -0.15) is 0 Å². The van der Waals surface area contributed by atoms with Crippen LogP contribution < -0.4 is 0 Å². The summed E-state index contributed by atoms with van der Waals surface area (Å²) in [5.41, 5.74) is 1.74. The molecule has 0 saturated heterocycles. The number of aromatic nitrogens is 1. The molecule has 1 heterocycles. The van der Waals surface area contributed by atoms with Gasteiger partial charge in [-0.15, -0.1) is 0 Å². The maximum atomic E-state index is 13.3. The number of aromatic amines is 1. The highest BCUT2D eigenvalue weighted by Gasteiger charge is 2.18. The standard InChI is InChI=1S/C14H16FNO2/c1-2-3-9(6-14(17)18)12-8-16-13-5-4-10(15)7-11(12)13/h4-5,7-9,16H,2-3,6H2,1H3,(H,17,18). The molecule has 0 aliphatic carbocycles. The molecule has 2 rings (SSSR count). The van der Waals surface area contributed by atoms with Crippen LogP contribution in [0.5, 0.6) is 0 Å². The molecule has 1 unspecified atom stereocenters. The van der Waals surface area contributed by atoms with Gasteiger partial charge < -0.3 is 10.1 Å². The van der Waals surface area contributed by atoms with Crippen LogP contribution in [0.1, 0.15) is 37.7 Å². The Bertz CT molecular complexity index is 562. The molecule has 0 amide bonds. The van der Waals surface area contributed by atoms with Gasteiger partial charge in [-0.25, -0.2) is 4.39 Å². The third-order valence-electron chi connectivity index (χ3n) is 3.17. The van der Waals surface area contributed by atoms with E-state index in [1.54, 1.807) is 12.3 Å². The van der Waals surface area contributed by atoms with Crippen molar-refractivity contribution in [3.63, 3.8) is 0 Å². The lowest BCUT2D eigenvalue weighted by molar-refractivity contribution is -0.137. The van der Waals surface area contributed by atoms with Gasteiger partial charge in [0.2, 0.25) is 0 Å². The van der Waals surface area contributed by atoms with Gasteiger partial charge in [0.1, 0.15) is 5.82 Å². The van der Waals surface area contributed by atoms with Gasteiger partial charge in [-0.05, 0) is 36.1 Å². The van der Waals surface area contributed by atoms with Crippen molar-refractivity contribution in [3.05, 3.63) is 35.8 Å². The molecule has 0 aliphatic heterocycles. The number of hydrogen-bond donors (Lipinski definition) is 2. The van der Waals surface area contributed by atoms with Gasteiger partial charge in [-0.3, -0.25) is 4.79 Å². The molecule has 1 aromatic heterocycles. The summed E-state index contributed by atoms with van der Waals surface area (Å²) in [6, 6.07) is 4.54. The van der Waals surface area contributed by atoms with E-state index in [-0.39, 0.29) is 18.2 Å². The normalized spacial score (nSPS) is 12.8. The average molecular weight is 249 g/mol. The summed E-state index contributed by atoms with van der Waals surface area (Å²) in [7, 11) is 0. The fraction of sp³-hybridized carbons (Fsp3) is 0.357. The maximum Gasteiger partial charge on any atom is 0.303 e. The molecular formula is C14H16FNO2. The fourth-order valence-corrected chi connectivity index (χ4v) is 2.38. The second kappa shape index (κ2) is 5.21.